The lowest BCUT2D eigenvalue weighted by molar-refractivity contribution is -0.123. The Balaban J connectivity index is 1.75. The molecule has 1 aromatic carbocycles. The molecule has 3 rings (SSSR count). The zero-order valence-corrected chi connectivity index (χ0v) is 13.2. The van der Waals surface area contributed by atoms with E-state index in [0.717, 1.165) is 30.8 Å². The molecular weight excluding hydrogens is 300 g/mol. The van der Waals surface area contributed by atoms with E-state index >= 15 is 0 Å². The third-order valence-corrected chi connectivity index (χ3v) is 4.10. The summed E-state index contributed by atoms with van der Waals surface area (Å²) in [4.78, 5) is 14.1. The maximum Gasteiger partial charge on any atom is 0.276 e. The van der Waals surface area contributed by atoms with Crippen LogP contribution in [0.5, 0.6) is 5.75 Å². The van der Waals surface area contributed by atoms with E-state index in [1.165, 1.54) is 0 Å². The van der Waals surface area contributed by atoms with Gasteiger partial charge in [-0.2, -0.15) is 0 Å². The van der Waals surface area contributed by atoms with Gasteiger partial charge in [0.1, 0.15) is 11.4 Å². The Morgan fingerprint density at radius 2 is 2.41 bits per heavy atom. The zero-order chi connectivity index (χ0) is 15.5. The second-order valence-electron chi connectivity index (χ2n) is 5.32. The van der Waals surface area contributed by atoms with Gasteiger partial charge in [-0.25, -0.2) is 0 Å². The van der Waals surface area contributed by atoms with Crippen molar-refractivity contribution in [3.63, 3.8) is 0 Å². The molecule has 0 aliphatic carbocycles. The molecule has 0 radical (unpaired) electrons. The van der Waals surface area contributed by atoms with E-state index in [9.17, 15) is 4.79 Å². The Morgan fingerprint density at radius 1 is 1.55 bits per heavy atom. The van der Waals surface area contributed by atoms with Crippen LogP contribution in [0.4, 0.5) is 0 Å². The van der Waals surface area contributed by atoms with Gasteiger partial charge in [0.15, 0.2) is 5.11 Å². The standard InChI is InChI=1S/C16H18N2O3S/c1-20-12-5-2-4-11(8-12)9-14-15(19)18(16(22)17-14)10-13-6-3-7-21-13/h2,4-5,8-9,13H,3,6-7,10H2,1H3,(H,17,22)/b14-9+. The normalized spacial score (nSPS) is 23.2. The third-order valence-electron chi connectivity index (χ3n) is 3.78. The van der Waals surface area contributed by atoms with Gasteiger partial charge in [0.05, 0.1) is 19.8 Å². The molecule has 6 heteroatoms. The molecule has 1 unspecified atom stereocenters. The van der Waals surface area contributed by atoms with Crippen molar-refractivity contribution >= 4 is 29.3 Å². The maximum absolute atomic E-state index is 12.5. The summed E-state index contributed by atoms with van der Waals surface area (Å²) >= 11 is 5.27. The molecule has 1 aromatic rings. The fourth-order valence-corrected chi connectivity index (χ4v) is 2.89. The first-order valence-electron chi connectivity index (χ1n) is 7.27. The van der Waals surface area contributed by atoms with Crippen molar-refractivity contribution < 1.29 is 14.3 Å². The molecule has 0 aromatic heterocycles. The van der Waals surface area contributed by atoms with Crippen LogP contribution in [0.3, 0.4) is 0 Å². The minimum absolute atomic E-state index is 0.0832. The van der Waals surface area contributed by atoms with Gasteiger partial charge in [0.25, 0.3) is 5.91 Å². The molecule has 22 heavy (non-hydrogen) atoms. The quantitative estimate of drug-likeness (QED) is 0.679. The van der Waals surface area contributed by atoms with Gasteiger partial charge >= 0.3 is 0 Å². The van der Waals surface area contributed by atoms with Gasteiger partial charge < -0.3 is 14.8 Å². The molecule has 1 atom stereocenters. The molecule has 0 bridgehead atoms. The maximum atomic E-state index is 12.5. The molecule has 5 nitrogen and oxygen atoms in total. The largest absolute Gasteiger partial charge is 0.497 e. The van der Waals surface area contributed by atoms with E-state index < -0.39 is 0 Å². The molecule has 116 valence electrons. The SMILES string of the molecule is COc1cccc(/C=C2/NC(=S)N(CC3CCCO3)C2=O)c1. The van der Waals surface area contributed by atoms with Crippen molar-refractivity contribution in [1.29, 1.82) is 0 Å². The number of hydrogen-bond acceptors (Lipinski definition) is 4. The highest BCUT2D eigenvalue weighted by atomic mass is 32.1. The minimum Gasteiger partial charge on any atom is -0.497 e. The molecule has 2 heterocycles. The highest BCUT2D eigenvalue weighted by molar-refractivity contribution is 7.80. The number of ether oxygens (including phenoxy) is 2. The second kappa shape index (κ2) is 6.46. The highest BCUT2D eigenvalue weighted by Crippen LogP contribution is 2.20. The van der Waals surface area contributed by atoms with Crippen LogP contribution in [0.1, 0.15) is 18.4 Å². The van der Waals surface area contributed by atoms with Crippen molar-refractivity contribution in [1.82, 2.24) is 10.2 Å². The number of carbonyl (C=O) groups excluding carboxylic acids is 1. The van der Waals surface area contributed by atoms with E-state index in [1.54, 1.807) is 18.1 Å². The summed E-state index contributed by atoms with van der Waals surface area (Å²) in [6.45, 7) is 1.28. The molecule has 2 aliphatic heterocycles. The van der Waals surface area contributed by atoms with Crippen molar-refractivity contribution in [2.45, 2.75) is 18.9 Å². The fraction of sp³-hybridized carbons (Fsp3) is 0.375. The highest BCUT2D eigenvalue weighted by Gasteiger charge is 2.33. The molecule has 2 saturated heterocycles. The monoisotopic (exact) mass is 318 g/mol. The number of benzene rings is 1. The third kappa shape index (κ3) is 3.13. The van der Waals surface area contributed by atoms with Gasteiger partial charge in [-0.1, -0.05) is 12.1 Å². The fourth-order valence-electron chi connectivity index (χ4n) is 2.63. The zero-order valence-electron chi connectivity index (χ0n) is 12.4. The number of amides is 1. The Labute approximate surface area is 134 Å². The number of thiocarbonyl (C=S) groups is 1. The van der Waals surface area contributed by atoms with E-state index in [0.29, 0.717) is 17.4 Å². The molecule has 2 aliphatic rings. The molecule has 1 N–H and O–H groups in total. The lowest BCUT2D eigenvalue weighted by Gasteiger charge is -2.18. The van der Waals surface area contributed by atoms with Crippen LogP contribution in [-0.2, 0) is 9.53 Å². The Kier molecular flexibility index (Phi) is 4.40. The van der Waals surface area contributed by atoms with Crippen LogP contribution in [0.2, 0.25) is 0 Å². The topological polar surface area (TPSA) is 50.8 Å². The van der Waals surface area contributed by atoms with Crippen LogP contribution >= 0.6 is 12.2 Å². The van der Waals surface area contributed by atoms with E-state index in [1.807, 2.05) is 24.3 Å². The average molecular weight is 318 g/mol. The van der Waals surface area contributed by atoms with E-state index in [-0.39, 0.29) is 12.0 Å². The number of nitrogens with zero attached hydrogens (tertiary/aromatic N) is 1. The van der Waals surface area contributed by atoms with E-state index in [2.05, 4.69) is 5.32 Å². The van der Waals surface area contributed by atoms with Crippen LogP contribution < -0.4 is 10.1 Å². The summed E-state index contributed by atoms with van der Waals surface area (Å²) < 4.78 is 10.8. The number of methoxy groups -OCH3 is 1. The predicted molar refractivity (Wildman–Crippen MR) is 87.4 cm³/mol. The summed E-state index contributed by atoms with van der Waals surface area (Å²) in [5.41, 5.74) is 1.37. The lowest BCUT2D eigenvalue weighted by atomic mass is 10.1. The van der Waals surface area contributed by atoms with Gasteiger partial charge in [0.2, 0.25) is 0 Å². The molecular formula is C16H18N2O3S. The number of nitrogens with one attached hydrogen (secondary N) is 1. The molecule has 1 amide bonds. The van der Waals surface area contributed by atoms with Crippen LogP contribution in [0.25, 0.3) is 6.08 Å². The average Bonchev–Trinajstić information content (AvgIpc) is 3.12. The first kappa shape index (κ1) is 15.0. The van der Waals surface area contributed by atoms with Gasteiger partial charge in [-0.05, 0) is 48.8 Å². The van der Waals surface area contributed by atoms with Gasteiger partial charge in [-0.15, -0.1) is 0 Å². The van der Waals surface area contributed by atoms with Crippen molar-refractivity contribution in [3.05, 3.63) is 35.5 Å². The molecule has 0 spiro atoms. The number of hydrogen-bond donors (Lipinski definition) is 1. The van der Waals surface area contributed by atoms with Gasteiger partial charge in [-0.3, -0.25) is 9.69 Å². The summed E-state index contributed by atoms with van der Waals surface area (Å²) in [6, 6.07) is 7.53. The minimum atomic E-state index is -0.108. The Bertz CT molecular complexity index is 624. The Morgan fingerprint density at radius 3 is 3.14 bits per heavy atom. The summed E-state index contributed by atoms with van der Waals surface area (Å²) in [7, 11) is 1.61. The lowest BCUT2D eigenvalue weighted by Crippen LogP contribution is -2.37. The predicted octanol–water partition coefficient (Wildman–Crippen LogP) is 1.93. The Hall–Kier alpha value is -1.92. The van der Waals surface area contributed by atoms with Crippen molar-refractivity contribution in [2.75, 3.05) is 20.3 Å². The van der Waals surface area contributed by atoms with Gasteiger partial charge in [0, 0.05) is 6.61 Å². The summed E-state index contributed by atoms with van der Waals surface area (Å²) in [5, 5.41) is 3.43. The van der Waals surface area contributed by atoms with Crippen molar-refractivity contribution in [3.8, 4) is 5.75 Å². The van der Waals surface area contributed by atoms with Crippen LogP contribution in [0, 0.1) is 0 Å². The van der Waals surface area contributed by atoms with Crippen LogP contribution in [-0.4, -0.2) is 42.3 Å². The van der Waals surface area contributed by atoms with E-state index in [4.69, 9.17) is 21.7 Å². The van der Waals surface area contributed by atoms with Crippen molar-refractivity contribution in [2.24, 2.45) is 0 Å². The second-order valence-corrected chi connectivity index (χ2v) is 5.70. The number of carbonyl (C=O) groups is 1. The molecule has 0 saturated carbocycles. The number of rotatable bonds is 4. The summed E-state index contributed by atoms with van der Waals surface area (Å²) in [5.74, 6) is 0.641. The summed E-state index contributed by atoms with van der Waals surface area (Å²) in [6.07, 6.45) is 3.88. The first-order chi connectivity index (χ1) is 10.7. The molecule has 2 fully saturated rings. The first-order valence-corrected chi connectivity index (χ1v) is 7.68. The van der Waals surface area contributed by atoms with Crippen LogP contribution in [0.15, 0.2) is 30.0 Å². The smallest absolute Gasteiger partial charge is 0.276 e.